The highest BCUT2D eigenvalue weighted by molar-refractivity contribution is 8.76. The maximum Gasteiger partial charge on any atom is 0.421 e. The molecular formula is C34H52N12S2+2. The van der Waals surface area contributed by atoms with Crippen LogP contribution in [0.3, 0.4) is 0 Å². The van der Waals surface area contributed by atoms with Crippen LogP contribution in [-0.2, 0) is 28.2 Å². The molecule has 0 spiro atoms. The highest BCUT2D eigenvalue weighted by Gasteiger charge is 2.12. The van der Waals surface area contributed by atoms with Gasteiger partial charge in [0.15, 0.2) is 0 Å². The third kappa shape index (κ3) is 11.5. The molecule has 2 heterocycles. The number of imidazole rings is 2. The fourth-order valence-electron chi connectivity index (χ4n) is 4.83. The molecule has 0 radical (unpaired) electrons. The van der Waals surface area contributed by atoms with Crippen molar-refractivity contribution >= 4 is 56.2 Å². The molecule has 0 unspecified atom stereocenters. The average molecular weight is 693 g/mol. The predicted octanol–water partition coefficient (Wildman–Crippen LogP) is 5.66. The first-order chi connectivity index (χ1) is 23.1. The van der Waals surface area contributed by atoms with E-state index in [-0.39, 0.29) is 0 Å². The van der Waals surface area contributed by atoms with Crippen molar-refractivity contribution in [3.63, 3.8) is 0 Å². The van der Waals surface area contributed by atoms with Gasteiger partial charge in [0.1, 0.15) is 11.4 Å². The summed E-state index contributed by atoms with van der Waals surface area (Å²) in [7, 11) is 20.5. The molecule has 0 saturated heterocycles. The van der Waals surface area contributed by atoms with E-state index >= 15 is 0 Å². The van der Waals surface area contributed by atoms with Gasteiger partial charge in [-0.15, -0.1) is 0 Å². The Morgan fingerprint density at radius 3 is 1.25 bits per heavy atom. The van der Waals surface area contributed by atoms with Gasteiger partial charge < -0.3 is 19.6 Å². The van der Waals surface area contributed by atoms with Crippen LogP contribution in [0.15, 0.2) is 93.8 Å². The van der Waals surface area contributed by atoms with Gasteiger partial charge in [0.2, 0.25) is 0 Å². The second-order valence-electron chi connectivity index (χ2n) is 12.2. The number of benzene rings is 2. The first-order valence-corrected chi connectivity index (χ1v) is 18.7. The Labute approximate surface area is 294 Å². The van der Waals surface area contributed by atoms with E-state index in [1.807, 2.05) is 117 Å². The summed E-state index contributed by atoms with van der Waals surface area (Å²) in [6.07, 6.45) is 7.86. The molecule has 48 heavy (non-hydrogen) atoms. The van der Waals surface area contributed by atoms with E-state index < -0.39 is 0 Å². The zero-order valence-corrected chi connectivity index (χ0v) is 31.4. The fraction of sp³-hybridized carbons (Fsp3) is 0.471. The third-order valence-corrected chi connectivity index (χ3v) is 10.6. The summed E-state index contributed by atoms with van der Waals surface area (Å²) in [6.45, 7) is 6.12. The van der Waals surface area contributed by atoms with Gasteiger partial charge in [0.05, 0.1) is 53.0 Å². The summed E-state index contributed by atoms with van der Waals surface area (Å²) in [5.41, 5.74) is 4.05. The first kappa shape index (κ1) is 37.1. The molecule has 258 valence electrons. The lowest BCUT2D eigenvalue weighted by atomic mass is 10.2. The Kier molecular flexibility index (Phi) is 14.5. The van der Waals surface area contributed by atoms with Crippen LogP contribution in [0.25, 0.3) is 0 Å². The Balaban J connectivity index is 1.04. The topological polar surface area (TPSA) is 80.0 Å². The van der Waals surface area contributed by atoms with Crippen LogP contribution in [0, 0.1) is 0 Å². The summed E-state index contributed by atoms with van der Waals surface area (Å²) in [4.78, 5) is 9.40. The molecule has 4 aromatic rings. The first-order valence-electron chi connectivity index (χ1n) is 16.2. The van der Waals surface area contributed by atoms with Crippen molar-refractivity contribution in [2.24, 2.45) is 48.6 Å². The van der Waals surface area contributed by atoms with Crippen molar-refractivity contribution < 1.29 is 9.13 Å². The molecule has 2 aromatic heterocycles. The van der Waals surface area contributed by atoms with Crippen molar-refractivity contribution in [1.29, 1.82) is 0 Å². The van der Waals surface area contributed by atoms with Crippen LogP contribution in [0.5, 0.6) is 0 Å². The van der Waals surface area contributed by atoms with Gasteiger partial charge >= 0.3 is 11.9 Å². The summed E-state index contributed by atoms with van der Waals surface area (Å²) < 4.78 is 7.80. The summed E-state index contributed by atoms with van der Waals surface area (Å²) in [5.74, 6) is 3.85. The van der Waals surface area contributed by atoms with Crippen molar-refractivity contribution in [3.05, 3.63) is 73.3 Å². The Morgan fingerprint density at radius 2 is 0.917 bits per heavy atom. The molecule has 4 rings (SSSR count). The van der Waals surface area contributed by atoms with Gasteiger partial charge in [-0.2, -0.15) is 0 Å². The Hall–Kier alpha value is -3.72. The van der Waals surface area contributed by atoms with Crippen molar-refractivity contribution in [2.45, 2.75) is 0 Å². The van der Waals surface area contributed by atoms with Crippen LogP contribution < -0.4 is 18.9 Å². The number of hydrogen-bond acceptors (Lipinski definition) is 10. The average Bonchev–Trinajstić information content (AvgIpc) is 3.59. The number of aryl methyl sites for hydroxylation is 4. The monoisotopic (exact) mass is 692 g/mol. The normalized spacial score (nSPS) is 12.0. The van der Waals surface area contributed by atoms with E-state index in [0.717, 1.165) is 74.0 Å². The maximum atomic E-state index is 4.40. The standard InChI is InChI=1S/C34H52N12S2/c1-39(17-19-41(3)31-13-9-29(10-14-31)35-37-33-43(5)21-22-44(33)6)25-27-47-48-28-26-40(2)18-20-42(4)32-15-11-30(12-16-32)36-38-34-45(7)23-24-46(34)8/h9-16,21-24H,17-20,25-28H2,1-8H3/q+2. The third-order valence-electron chi connectivity index (χ3n) is 8.21. The van der Waals surface area contributed by atoms with Crippen molar-refractivity contribution in [1.82, 2.24) is 18.9 Å². The van der Waals surface area contributed by atoms with Crippen LogP contribution in [0.4, 0.5) is 34.6 Å². The van der Waals surface area contributed by atoms with E-state index in [2.05, 4.69) is 92.5 Å². The lowest BCUT2D eigenvalue weighted by Gasteiger charge is -2.24. The minimum absolute atomic E-state index is 0.805. The van der Waals surface area contributed by atoms with Crippen molar-refractivity contribution in [3.8, 4) is 0 Å². The maximum absolute atomic E-state index is 4.40. The van der Waals surface area contributed by atoms with Gasteiger partial charge in [-0.1, -0.05) is 31.8 Å². The number of azo groups is 2. The predicted molar refractivity (Wildman–Crippen MR) is 201 cm³/mol. The second kappa shape index (κ2) is 18.7. The van der Waals surface area contributed by atoms with Gasteiger partial charge in [0.25, 0.3) is 0 Å². The van der Waals surface area contributed by atoms with E-state index in [0.29, 0.717) is 0 Å². The molecule has 0 N–H and O–H groups in total. The number of likely N-dealkylation sites (N-methyl/N-ethyl adjacent to an activating group) is 4. The lowest BCUT2D eigenvalue weighted by molar-refractivity contribution is -0.657. The highest BCUT2D eigenvalue weighted by Crippen LogP contribution is 2.23. The lowest BCUT2D eigenvalue weighted by Crippen LogP contribution is -2.32. The number of hydrogen-bond donors (Lipinski definition) is 0. The zero-order valence-electron chi connectivity index (χ0n) is 29.8. The molecule has 0 aliphatic rings. The molecule has 14 heteroatoms. The van der Waals surface area contributed by atoms with Gasteiger partial charge in [-0.05, 0) is 62.6 Å². The fourth-order valence-corrected chi connectivity index (χ4v) is 6.99. The molecule has 0 saturated carbocycles. The van der Waals surface area contributed by atoms with E-state index in [1.165, 1.54) is 11.4 Å². The molecule has 0 fully saturated rings. The summed E-state index contributed by atoms with van der Waals surface area (Å²) >= 11 is 0. The molecule has 12 nitrogen and oxygen atoms in total. The van der Waals surface area contributed by atoms with E-state index in [9.17, 15) is 0 Å². The zero-order chi connectivity index (χ0) is 34.5. The van der Waals surface area contributed by atoms with E-state index in [4.69, 9.17) is 0 Å². The van der Waals surface area contributed by atoms with Crippen LogP contribution in [0.2, 0.25) is 0 Å². The largest absolute Gasteiger partial charge is 0.421 e. The Morgan fingerprint density at radius 1 is 0.542 bits per heavy atom. The number of anilines is 2. The van der Waals surface area contributed by atoms with Gasteiger partial charge in [-0.3, -0.25) is 0 Å². The molecular weight excluding hydrogens is 641 g/mol. The smallest absolute Gasteiger partial charge is 0.373 e. The molecule has 0 bridgehead atoms. The highest BCUT2D eigenvalue weighted by atomic mass is 33.1. The molecule has 0 aliphatic carbocycles. The summed E-state index contributed by atoms with van der Waals surface area (Å²) in [6, 6.07) is 16.5. The number of aromatic nitrogens is 4. The van der Waals surface area contributed by atoms with Crippen LogP contribution >= 0.6 is 21.6 Å². The summed E-state index contributed by atoms with van der Waals surface area (Å²) in [5, 5.41) is 17.6. The number of nitrogens with zero attached hydrogens (tertiary/aromatic N) is 12. The molecule has 0 amide bonds. The number of rotatable bonds is 19. The minimum atomic E-state index is 0.805. The molecule has 0 aliphatic heterocycles. The van der Waals surface area contributed by atoms with Crippen LogP contribution in [0.1, 0.15) is 0 Å². The quantitative estimate of drug-likeness (QED) is 0.0547. The van der Waals surface area contributed by atoms with Gasteiger partial charge in [0, 0.05) is 86.5 Å². The molecule has 2 aromatic carbocycles. The minimum Gasteiger partial charge on any atom is -0.373 e. The van der Waals surface area contributed by atoms with Crippen LogP contribution in [-0.4, -0.2) is 97.9 Å². The van der Waals surface area contributed by atoms with Gasteiger partial charge in [-0.25, -0.2) is 18.3 Å². The molecule has 0 atom stereocenters. The van der Waals surface area contributed by atoms with E-state index in [1.54, 1.807) is 0 Å². The second-order valence-corrected chi connectivity index (χ2v) is 14.9. The van der Waals surface area contributed by atoms with Crippen molar-refractivity contribution in [2.75, 3.05) is 88.8 Å². The Bertz CT molecular complexity index is 1440. The SMILES string of the molecule is CN(CCSSCCN(C)CCN(C)c1ccc(N=Nc2n(C)cc[n+]2C)cc1)CCN(C)c1ccc(N=Nc2n(C)cc[n+]2C)cc1.